The summed E-state index contributed by atoms with van der Waals surface area (Å²) in [6.07, 6.45) is 3.15. The predicted octanol–water partition coefficient (Wildman–Crippen LogP) is 3.00. The van der Waals surface area contributed by atoms with E-state index in [4.69, 9.17) is 11.6 Å². The Morgan fingerprint density at radius 3 is 2.71 bits per heavy atom. The van der Waals surface area contributed by atoms with Crippen LogP contribution in [0.3, 0.4) is 0 Å². The van der Waals surface area contributed by atoms with E-state index in [1.54, 1.807) is 0 Å². The zero-order chi connectivity index (χ0) is 15.0. The van der Waals surface area contributed by atoms with Gasteiger partial charge in [-0.2, -0.15) is 0 Å². The Kier molecular flexibility index (Phi) is 4.23. The summed E-state index contributed by atoms with van der Waals surface area (Å²) in [6, 6.07) is 8.34. The SMILES string of the molecule is CN1CCC(N(C)C(=O)C2CC2c2cccc(Cl)c2)CC1. The number of hydrogen-bond acceptors (Lipinski definition) is 2. The van der Waals surface area contributed by atoms with Crippen molar-refractivity contribution in [1.29, 1.82) is 0 Å². The van der Waals surface area contributed by atoms with Gasteiger partial charge in [-0.05, 0) is 63.0 Å². The van der Waals surface area contributed by atoms with Gasteiger partial charge < -0.3 is 9.80 Å². The summed E-state index contributed by atoms with van der Waals surface area (Å²) in [7, 11) is 4.12. The number of hydrogen-bond donors (Lipinski definition) is 0. The monoisotopic (exact) mass is 306 g/mol. The molecule has 2 aliphatic rings. The molecular formula is C17H23ClN2O. The maximum atomic E-state index is 12.6. The zero-order valence-electron chi connectivity index (χ0n) is 12.8. The van der Waals surface area contributed by atoms with Gasteiger partial charge in [-0.1, -0.05) is 23.7 Å². The summed E-state index contributed by atoms with van der Waals surface area (Å²) < 4.78 is 0. The van der Waals surface area contributed by atoms with E-state index in [0.717, 1.165) is 37.4 Å². The highest BCUT2D eigenvalue weighted by atomic mass is 35.5. The third-order valence-electron chi connectivity index (χ3n) is 4.97. The molecule has 21 heavy (non-hydrogen) atoms. The molecule has 4 heteroatoms. The lowest BCUT2D eigenvalue weighted by molar-refractivity contribution is -0.134. The lowest BCUT2D eigenvalue weighted by atomic mass is 10.0. The Balaban J connectivity index is 1.59. The average molecular weight is 307 g/mol. The first kappa shape index (κ1) is 14.9. The summed E-state index contributed by atoms with van der Waals surface area (Å²) in [5, 5.41) is 0.759. The molecule has 2 atom stereocenters. The highest BCUT2D eigenvalue weighted by Gasteiger charge is 2.46. The minimum Gasteiger partial charge on any atom is -0.342 e. The Labute approximate surface area is 131 Å². The van der Waals surface area contributed by atoms with E-state index < -0.39 is 0 Å². The van der Waals surface area contributed by atoms with Gasteiger partial charge in [0.25, 0.3) is 0 Å². The number of carbonyl (C=O) groups is 1. The van der Waals surface area contributed by atoms with Gasteiger partial charge in [0.05, 0.1) is 0 Å². The molecule has 1 saturated heterocycles. The molecule has 1 aliphatic heterocycles. The van der Waals surface area contributed by atoms with Crippen LogP contribution in [0.1, 0.15) is 30.7 Å². The van der Waals surface area contributed by atoms with Crippen molar-refractivity contribution in [3.63, 3.8) is 0 Å². The molecule has 1 amide bonds. The van der Waals surface area contributed by atoms with E-state index in [-0.39, 0.29) is 5.92 Å². The minimum atomic E-state index is 0.160. The second kappa shape index (κ2) is 5.98. The molecule has 0 bridgehead atoms. The fourth-order valence-electron chi connectivity index (χ4n) is 3.40. The third-order valence-corrected chi connectivity index (χ3v) is 5.20. The van der Waals surface area contributed by atoms with Gasteiger partial charge in [-0.25, -0.2) is 0 Å². The van der Waals surface area contributed by atoms with Crippen LogP contribution in [0.5, 0.6) is 0 Å². The normalized spacial score (nSPS) is 26.6. The van der Waals surface area contributed by atoms with Crippen LogP contribution >= 0.6 is 11.6 Å². The van der Waals surface area contributed by atoms with Crippen molar-refractivity contribution >= 4 is 17.5 Å². The van der Waals surface area contributed by atoms with E-state index >= 15 is 0 Å². The van der Waals surface area contributed by atoms with Gasteiger partial charge in [0, 0.05) is 24.0 Å². The predicted molar refractivity (Wildman–Crippen MR) is 85.6 cm³/mol. The van der Waals surface area contributed by atoms with Crippen molar-refractivity contribution in [2.45, 2.75) is 31.2 Å². The maximum Gasteiger partial charge on any atom is 0.226 e. The lowest BCUT2D eigenvalue weighted by Gasteiger charge is -2.35. The van der Waals surface area contributed by atoms with Crippen LogP contribution in [0.25, 0.3) is 0 Å². The molecule has 1 aromatic rings. The van der Waals surface area contributed by atoms with Crippen LogP contribution in [0.2, 0.25) is 5.02 Å². The number of rotatable bonds is 3. The molecule has 3 rings (SSSR count). The Hall–Kier alpha value is -1.06. The summed E-state index contributed by atoms with van der Waals surface area (Å²) in [5.74, 6) is 0.840. The molecule has 0 radical (unpaired) electrons. The average Bonchev–Trinajstić information content (AvgIpc) is 3.27. The Morgan fingerprint density at radius 2 is 2.05 bits per heavy atom. The summed E-state index contributed by atoms with van der Waals surface area (Å²) in [6.45, 7) is 2.18. The maximum absolute atomic E-state index is 12.6. The van der Waals surface area contributed by atoms with Crippen LogP contribution in [0.15, 0.2) is 24.3 Å². The van der Waals surface area contributed by atoms with Gasteiger partial charge in [0.2, 0.25) is 5.91 Å². The van der Waals surface area contributed by atoms with E-state index in [0.29, 0.717) is 17.9 Å². The Morgan fingerprint density at radius 1 is 1.33 bits per heavy atom. The molecule has 114 valence electrons. The van der Waals surface area contributed by atoms with Crippen LogP contribution in [0, 0.1) is 5.92 Å². The summed E-state index contributed by atoms with van der Waals surface area (Å²) in [4.78, 5) is 17.0. The number of halogens is 1. The molecule has 1 heterocycles. The first-order valence-corrected chi connectivity index (χ1v) is 8.14. The molecule has 0 spiro atoms. The quantitative estimate of drug-likeness (QED) is 0.857. The number of nitrogens with zero attached hydrogens (tertiary/aromatic N) is 2. The minimum absolute atomic E-state index is 0.160. The first-order chi connectivity index (χ1) is 10.1. The molecule has 1 aromatic carbocycles. The van der Waals surface area contributed by atoms with Crippen LogP contribution in [-0.2, 0) is 4.79 Å². The number of piperidine rings is 1. The summed E-state index contributed by atoms with van der Waals surface area (Å²) in [5.41, 5.74) is 1.21. The highest BCUT2D eigenvalue weighted by molar-refractivity contribution is 6.30. The molecule has 1 saturated carbocycles. The second-order valence-corrected chi connectivity index (χ2v) is 6.92. The number of likely N-dealkylation sites (tertiary alicyclic amines) is 1. The lowest BCUT2D eigenvalue weighted by Crippen LogP contribution is -2.45. The van der Waals surface area contributed by atoms with E-state index in [9.17, 15) is 4.79 Å². The topological polar surface area (TPSA) is 23.6 Å². The smallest absolute Gasteiger partial charge is 0.226 e. The van der Waals surface area contributed by atoms with Gasteiger partial charge in [0.1, 0.15) is 0 Å². The van der Waals surface area contributed by atoms with Crippen molar-refractivity contribution in [3.8, 4) is 0 Å². The third kappa shape index (κ3) is 3.24. The van der Waals surface area contributed by atoms with Crippen LogP contribution in [0.4, 0.5) is 0 Å². The number of carbonyl (C=O) groups excluding carboxylic acids is 1. The van der Waals surface area contributed by atoms with E-state index in [2.05, 4.69) is 18.0 Å². The van der Waals surface area contributed by atoms with Crippen molar-refractivity contribution in [2.75, 3.05) is 27.2 Å². The van der Waals surface area contributed by atoms with Crippen molar-refractivity contribution in [3.05, 3.63) is 34.9 Å². The highest BCUT2D eigenvalue weighted by Crippen LogP contribution is 2.49. The van der Waals surface area contributed by atoms with Gasteiger partial charge in [-0.15, -0.1) is 0 Å². The molecular weight excluding hydrogens is 284 g/mol. The fraction of sp³-hybridized carbons (Fsp3) is 0.588. The van der Waals surface area contributed by atoms with Gasteiger partial charge in [0.15, 0.2) is 0 Å². The molecule has 3 nitrogen and oxygen atoms in total. The molecule has 1 aliphatic carbocycles. The van der Waals surface area contributed by atoms with E-state index in [1.165, 1.54) is 5.56 Å². The number of benzene rings is 1. The molecule has 2 unspecified atom stereocenters. The second-order valence-electron chi connectivity index (χ2n) is 6.49. The van der Waals surface area contributed by atoms with Crippen molar-refractivity contribution < 1.29 is 4.79 Å². The summed E-state index contributed by atoms with van der Waals surface area (Å²) >= 11 is 6.04. The van der Waals surface area contributed by atoms with Crippen molar-refractivity contribution in [2.24, 2.45) is 5.92 Å². The largest absolute Gasteiger partial charge is 0.342 e. The van der Waals surface area contributed by atoms with Gasteiger partial charge >= 0.3 is 0 Å². The van der Waals surface area contributed by atoms with Crippen molar-refractivity contribution in [1.82, 2.24) is 9.80 Å². The zero-order valence-corrected chi connectivity index (χ0v) is 13.5. The van der Waals surface area contributed by atoms with E-state index in [1.807, 2.05) is 30.1 Å². The Bertz CT molecular complexity index is 525. The standard InChI is InChI=1S/C17H23ClN2O/c1-19-8-6-14(7-9-19)20(2)17(21)16-11-15(16)12-4-3-5-13(18)10-12/h3-5,10,14-16H,6-9,11H2,1-2H3. The van der Waals surface area contributed by atoms with Crippen LogP contribution < -0.4 is 0 Å². The molecule has 0 N–H and O–H groups in total. The number of amides is 1. The fourth-order valence-corrected chi connectivity index (χ4v) is 3.60. The van der Waals surface area contributed by atoms with Crippen LogP contribution in [-0.4, -0.2) is 48.9 Å². The van der Waals surface area contributed by atoms with Gasteiger partial charge in [-0.3, -0.25) is 4.79 Å². The first-order valence-electron chi connectivity index (χ1n) is 7.77. The molecule has 2 fully saturated rings. The molecule has 0 aromatic heterocycles.